The van der Waals surface area contributed by atoms with E-state index in [2.05, 4.69) is 17.5 Å². The summed E-state index contributed by atoms with van der Waals surface area (Å²) in [4.78, 5) is 27.7. The lowest BCUT2D eigenvalue weighted by Gasteiger charge is -2.33. The molecule has 5 heteroatoms. The van der Waals surface area contributed by atoms with E-state index in [9.17, 15) is 9.59 Å². The zero-order valence-electron chi connectivity index (χ0n) is 19.5. The van der Waals surface area contributed by atoms with Crippen LogP contribution in [0.15, 0.2) is 60.2 Å². The summed E-state index contributed by atoms with van der Waals surface area (Å²) in [5, 5.41) is 3.08. The molecule has 5 nitrogen and oxygen atoms in total. The number of methoxy groups -OCH3 is 1. The molecule has 1 heterocycles. The minimum atomic E-state index is -0.0183. The fourth-order valence-corrected chi connectivity index (χ4v) is 4.85. The van der Waals surface area contributed by atoms with E-state index in [1.165, 1.54) is 31.3 Å². The van der Waals surface area contributed by atoms with Gasteiger partial charge in [-0.25, -0.2) is 0 Å². The number of amides is 2. The van der Waals surface area contributed by atoms with E-state index >= 15 is 0 Å². The van der Waals surface area contributed by atoms with Crippen LogP contribution in [-0.4, -0.2) is 43.5 Å². The maximum atomic E-state index is 13.0. The number of piperidine rings is 1. The zero-order chi connectivity index (χ0) is 23.0. The van der Waals surface area contributed by atoms with Gasteiger partial charge in [0, 0.05) is 36.7 Å². The Morgan fingerprint density at radius 2 is 1.91 bits per heavy atom. The van der Waals surface area contributed by atoms with Crippen LogP contribution in [0.1, 0.15) is 77.1 Å². The first-order valence-electron chi connectivity index (χ1n) is 12.1. The van der Waals surface area contributed by atoms with E-state index in [1.807, 2.05) is 47.4 Å². The average Bonchev–Trinajstić information content (AvgIpc) is 2.89. The summed E-state index contributed by atoms with van der Waals surface area (Å²) in [6, 6.07) is 15.2. The van der Waals surface area contributed by atoms with Crippen molar-refractivity contribution in [1.29, 1.82) is 0 Å². The highest BCUT2D eigenvalue weighted by atomic mass is 16.5. The van der Waals surface area contributed by atoms with Crippen LogP contribution in [-0.2, 0) is 0 Å². The fourth-order valence-electron chi connectivity index (χ4n) is 4.85. The fraction of sp³-hybridized carbons (Fsp3) is 0.429. The van der Waals surface area contributed by atoms with Gasteiger partial charge in [0.2, 0.25) is 0 Å². The lowest BCUT2D eigenvalue weighted by Crippen LogP contribution is -2.39. The number of carbonyl (C=O) groups is 2. The molecule has 2 aromatic rings. The maximum Gasteiger partial charge on any atom is 0.253 e. The zero-order valence-corrected chi connectivity index (χ0v) is 19.5. The lowest BCUT2D eigenvalue weighted by molar-refractivity contribution is 0.0706. The summed E-state index contributed by atoms with van der Waals surface area (Å²) in [6.45, 7) is 2.12. The summed E-state index contributed by atoms with van der Waals surface area (Å²) in [5.41, 5.74) is 3.98. The Hall–Kier alpha value is -3.08. The molecule has 2 aromatic carbocycles. The van der Waals surface area contributed by atoms with Crippen molar-refractivity contribution < 1.29 is 14.3 Å². The van der Waals surface area contributed by atoms with Crippen LogP contribution >= 0.6 is 0 Å². The lowest BCUT2D eigenvalue weighted by atomic mass is 9.89. The number of nitrogens with one attached hydrogen (secondary N) is 1. The van der Waals surface area contributed by atoms with Gasteiger partial charge in [0.15, 0.2) is 0 Å². The summed E-state index contributed by atoms with van der Waals surface area (Å²) in [5.74, 6) is 1.01. The van der Waals surface area contributed by atoms with E-state index in [1.54, 1.807) is 7.11 Å². The predicted molar refractivity (Wildman–Crippen MR) is 131 cm³/mol. The molecule has 0 spiro atoms. The van der Waals surface area contributed by atoms with E-state index < -0.39 is 0 Å². The number of allylic oxidation sites excluding steroid dienone is 1. The number of carbonyl (C=O) groups excluding carboxylic acids is 2. The van der Waals surface area contributed by atoms with E-state index in [0.29, 0.717) is 24.2 Å². The van der Waals surface area contributed by atoms with E-state index in [-0.39, 0.29) is 17.7 Å². The van der Waals surface area contributed by atoms with Gasteiger partial charge in [0.25, 0.3) is 11.8 Å². The molecule has 0 radical (unpaired) electrons. The number of benzene rings is 2. The van der Waals surface area contributed by atoms with Crippen molar-refractivity contribution in [2.75, 3.05) is 26.7 Å². The van der Waals surface area contributed by atoms with Crippen LogP contribution in [0.25, 0.3) is 0 Å². The van der Waals surface area contributed by atoms with Gasteiger partial charge >= 0.3 is 0 Å². The van der Waals surface area contributed by atoms with Gasteiger partial charge in [-0.2, -0.15) is 0 Å². The minimum absolute atomic E-state index is 0.0183. The van der Waals surface area contributed by atoms with Gasteiger partial charge in [0.05, 0.1) is 7.11 Å². The minimum Gasteiger partial charge on any atom is -0.497 e. The molecule has 1 N–H and O–H groups in total. The summed E-state index contributed by atoms with van der Waals surface area (Å²) >= 11 is 0. The Balaban J connectivity index is 1.36. The van der Waals surface area contributed by atoms with E-state index in [4.69, 9.17) is 4.74 Å². The molecule has 1 atom stereocenters. The first-order valence-corrected chi connectivity index (χ1v) is 12.1. The Bertz CT molecular complexity index is 996. The molecular formula is C28H34N2O3. The largest absolute Gasteiger partial charge is 0.497 e. The molecule has 1 aliphatic carbocycles. The van der Waals surface area contributed by atoms with Gasteiger partial charge < -0.3 is 15.0 Å². The van der Waals surface area contributed by atoms with Gasteiger partial charge in [0.1, 0.15) is 5.75 Å². The molecule has 0 saturated carbocycles. The molecule has 174 valence electrons. The number of hydrogen-bond donors (Lipinski definition) is 1. The number of rotatable bonds is 7. The maximum absolute atomic E-state index is 13.0. The molecule has 2 amide bonds. The monoisotopic (exact) mass is 446 g/mol. The molecule has 0 bridgehead atoms. The second-order valence-electron chi connectivity index (χ2n) is 9.06. The molecule has 1 saturated heterocycles. The number of likely N-dealkylation sites (tertiary alicyclic amines) is 1. The Morgan fingerprint density at radius 1 is 1.06 bits per heavy atom. The number of ether oxygens (including phenoxy) is 1. The highest BCUT2D eigenvalue weighted by Crippen LogP contribution is 2.29. The molecule has 0 unspecified atom stereocenters. The van der Waals surface area contributed by atoms with Crippen LogP contribution in [0, 0.1) is 0 Å². The normalized spacial score (nSPS) is 18.4. The van der Waals surface area contributed by atoms with Crippen LogP contribution in [0.4, 0.5) is 0 Å². The van der Waals surface area contributed by atoms with Crippen molar-refractivity contribution in [3.8, 4) is 5.75 Å². The molecule has 33 heavy (non-hydrogen) atoms. The Kier molecular flexibility index (Phi) is 7.82. The van der Waals surface area contributed by atoms with Crippen LogP contribution in [0.5, 0.6) is 5.75 Å². The van der Waals surface area contributed by atoms with Gasteiger partial charge in [-0.15, -0.1) is 0 Å². The SMILES string of the molecule is COc1ccc(C(=O)N2CCC[C@@H](c3cccc(C(=O)NCCC4=CCCCC4)c3)C2)cc1. The molecule has 1 aliphatic heterocycles. The number of hydrogen-bond acceptors (Lipinski definition) is 3. The second kappa shape index (κ2) is 11.2. The highest BCUT2D eigenvalue weighted by Gasteiger charge is 2.26. The third-order valence-corrected chi connectivity index (χ3v) is 6.78. The second-order valence-corrected chi connectivity index (χ2v) is 9.06. The predicted octanol–water partition coefficient (Wildman–Crippen LogP) is 5.34. The quantitative estimate of drug-likeness (QED) is 0.585. The third kappa shape index (κ3) is 6.04. The molecule has 1 fully saturated rings. The van der Waals surface area contributed by atoms with Crippen molar-refractivity contribution in [1.82, 2.24) is 10.2 Å². The first kappa shape index (κ1) is 23.1. The average molecular weight is 447 g/mol. The van der Waals surface area contributed by atoms with Crippen molar-refractivity contribution in [3.63, 3.8) is 0 Å². The van der Waals surface area contributed by atoms with Crippen LogP contribution in [0.3, 0.4) is 0 Å². The smallest absolute Gasteiger partial charge is 0.253 e. The highest BCUT2D eigenvalue weighted by molar-refractivity contribution is 5.95. The van der Waals surface area contributed by atoms with Crippen molar-refractivity contribution in [2.24, 2.45) is 0 Å². The molecule has 2 aliphatic rings. The molecular weight excluding hydrogens is 412 g/mol. The van der Waals surface area contributed by atoms with Gasteiger partial charge in [-0.3, -0.25) is 9.59 Å². The molecule has 4 rings (SSSR count). The van der Waals surface area contributed by atoms with Gasteiger partial charge in [-0.1, -0.05) is 23.8 Å². The Morgan fingerprint density at radius 3 is 2.67 bits per heavy atom. The van der Waals surface area contributed by atoms with Gasteiger partial charge in [-0.05, 0) is 86.9 Å². The van der Waals surface area contributed by atoms with Crippen LogP contribution < -0.4 is 10.1 Å². The summed E-state index contributed by atoms with van der Waals surface area (Å²) < 4.78 is 5.19. The standard InChI is InChI=1S/C28H34N2O3/c1-33-26-14-12-22(13-15-26)28(32)30-18-6-11-25(20-30)23-9-5-10-24(19-23)27(31)29-17-16-21-7-3-2-4-8-21/h5,7,9-10,12-15,19,25H,2-4,6,8,11,16-18,20H2,1H3,(H,29,31)/t25-/m1/s1. The summed E-state index contributed by atoms with van der Waals surface area (Å²) in [7, 11) is 1.62. The van der Waals surface area contributed by atoms with Crippen molar-refractivity contribution in [3.05, 3.63) is 76.9 Å². The topological polar surface area (TPSA) is 58.6 Å². The summed E-state index contributed by atoms with van der Waals surface area (Å²) in [6.07, 6.45) is 10.1. The van der Waals surface area contributed by atoms with Crippen molar-refractivity contribution in [2.45, 2.75) is 50.9 Å². The van der Waals surface area contributed by atoms with Crippen molar-refractivity contribution >= 4 is 11.8 Å². The number of nitrogens with zero attached hydrogens (tertiary/aromatic N) is 1. The first-order chi connectivity index (χ1) is 16.1. The van der Waals surface area contributed by atoms with E-state index in [0.717, 1.165) is 37.1 Å². The van der Waals surface area contributed by atoms with Crippen LogP contribution in [0.2, 0.25) is 0 Å². The third-order valence-electron chi connectivity index (χ3n) is 6.78. The molecule has 0 aromatic heterocycles. The Labute approximate surface area is 196 Å².